The second-order valence-electron chi connectivity index (χ2n) is 5.17. The van der Waals surface area contributed by atoms with E-state index in [0.29, 0.717) is 39.0 Å². The van der Waals surface area contributed by atoms with Gasteiger partial charge in [0, 0.05) is 26.2 Å². The van der Waals surface area contributed by atoms with E-state index in [9.17, 15) is 13.2 Å². The van der Waals surface area contributed by atoms with Gasteiger partial charge in [0.05, 0.1) is 6.04 Å². The third kappa shape index (κ3) is 3.63. The average molecular weight is 287 g/mol. The van der Waals surface area contributed by atoms with Gasteiger partial charge in [0.15, 0.2) is 0 Å². The van der Waals surface area contributed by atoms with Gasteiger partial charge in [-0.05, 0) is 25.7 Å². The van der Waals surface area contributed by atoms with Crippen LogP contribution in [0.5, 0.6) is 0 Å². The molecule has 0 saturated carbocycles. The van der Waals surface area contributed by atoms with Crippen LogP contribution in [0.3, 0.4) is 0 Å². The van der Waals surface area contributed by atoms with E-state index in [4.69, 9.17) is 0 Å². The topological polar surface area (TPSA) is 70.0 Å². The minimum Gasteiger partial charge on any atom is -0.211 e. The fraction of sp³-hybridized carbons (Fsp3) is 0.917. The van der Waals surface area contributed by atoms with Crippen LogP contribution < -0.4 is 0 Å². The highest BCUT2D eigenvalue weighted by molar-refractivity contribution is 7.86. The molecule has 7 heteroatoms. The maximum atomic E-state index is 12.5. The van der Waals surface area contributed by atoms with Crippen LogP contribution in [0, 0.1) is 0 Å². The van der Waals surface area contributed by atoms with Crippen LogP contribution >= 0.6 is 0 Å². The van der Waals surface area contributed by atoms with E-state index in [1.165, 1.54) is 4.31 Å². The molecule has 19 heavy (non-hydrogen) atoms. The van der Waals surface area contributed by atoms with Crippen LogP contribution in [0.25, 0.3) is 0 Å². The lowest BCUT2D eigenvalue weighted by molar-refractivity contribution is 0.288. The Bertz CT molecular complexity index is 429. The van der Waals surface area contributed by atoms with Gasteiger partial charge in [-0.15, -0.1) is 0 Å². The number of aliphatic imine (C=N–C) groups is 1. The summed E-state index contributed by atoms with van der Waals surface area (Å²) >= 11 is 0. The van der Waals surface area contributed by atoms with E-state index in [2.05, 4.69) is 4.99 Å². The van der Waals surface area contributed by atoms with Crippen LogP contribution in [0.15, 0.2) is 4.99 Å². The highest BCUT2D eigenvalue weighted by atomic mass is 32.2. The fourth-order valence-corrected chi connectivity index (χ4v) is 4.43. The molecule has 0 radical (unpaired) electrons. The second kappa shape index (κ2) is 6.61. The van der Waals surface area contributed by atoms with Gasteiger partial charge in [-0.3, -0.25) is 0 Å². The van der Waals surface area contributed by atoms with Crippen molar-refractivity contribution in [2.24, 2.45) is 4.99 Å². The standard InChI is InChI=1S/C12H21N3O3S/c16-11-13-12-5-9-15(10-6-12)19(17,18)14-7-3-1-2-4-8-14/h12H,1-10H2. The zero-order valence-electron chi connectivity index (χ0n) is 11.1. The first kappa shape index (κ1) is 14.7. The summed E-state index contributed by atoms with van der Waals surface area (Å²) < 4.78 is 28.2. The zero-order chi connectivity index (χ0) is 13.7. The van der Waals surface area contributed by atoms with Gasteiger partial charge >= 0.3 is 0 Å². The van der Waals surface area contributed by atoms with Crippen molar-refractivity contribution < 1.29 is 13.2 Å². The van der Waals surface area contributed by atoms with E-state index in [-0.39, 0.29) is 6.04 Å². The summed E-state index contributed by atoms with van der Waals surface area (Å²) in [6.45, 7) is 2.17. The molecule has 2 rings (SSSR count). The van der Waals surface area contributed by atoms with Gasteiger partial charge in [-0.2, -0.15) is 17.0 Å². The van der Waals surface area contributed by atoms with E-state index >= 15 is 0 Å². The molecule has 0 aromatic carbocycles. The predicted molar refractivity (Wildman–Crippen MR) is 71.7 cm³/mol. The van der Waals surface area contributed by atoms with Crippen molar-refractivity contribution in [3.8, 4) is 0 Å². The van der Waals surface area contributed by atoms with Crippen molar-refractivity contribution in [3.63, 3.8) is 0 Å². The Morgan fingerprint density at radius 1 is 0.895 bits per heavy atom. The van der Waals surface area contributed by atoms with Crippen molar-refractivity contribution in [1.82, 2.24) is 8.61 Å². The highest BCUT2D eigenvalue weighted by Gasteiger charge is 2.32. The predicted octanol–water partition coefficient (Wildman–Crippen LogP) is 0.907. The Hall–Kier alpha value is -0.750. The zero-order valence-corrected chi connectivity index (χ0v) is 11.9. The van der Waals surface area contributed by atoms with Gasteiger partial charge in [0.25, 0.3) is 10.2 Å². The quantitative estimate of drug-likeness (QED) is 0.572. The molecule has 2 heterocycles. The Kier molecular flexibility index (Phi) is 5.10. The van der Waals surface area contributed by atoms with E-state index in [1.54, 1.807) is 10.4 Å². The normalized spacial score (nSPS) is 24.6. The lowest BCUT2D eigenvalue weighted by Crippen LogP contribution is -2.48. The molecule has 2 saturated heterocycles. The van der Waals surface area contributed by atoms with Crippen LogP contribution in [0.4, 0.5) is 0 Å². The van der Waals surface area contributed by atoms with Gasteiger partial charge in [-0.25, -0.2) is 9.79 Å². The minimum atomic E-state index is -3.32. The molecule has 0 N–H and O–H groups in total. The first-order valence-corrected chi connectivity index (χ1v) is 8.36. The number of carbonyl (C=O) groups excluding carboxylic acids is 1. The smallest absolute Gasteiger partial charge is 0.211 e. The van der Waals surface area contributed by atoms with Crippen LogP contribution in [0.1, 0.15) is 38.5 Å². The van der Waals surface area contributed by atoms with Gasteiger partial charge < -0.3 is 0 Å². The maximum Gasteiger partial charge on any atom is 0.281 e. The number of piperidine rings is 1. The van der Waals surface area contributed by atoms with Crippen LogP contribution in [-0.4, -0.2) is 55.3 Å². The molecule has 2 fully saturated rings. The molecule has 0 aromatic heterocycles. The van der Waals surface area contributed by atoms with E-state index in [0.717, 1.165) is 25.7 Å². The lowest BCUT2D eigenvalue weighted by atomic mass is 10.1. The molecule has 108 valence electrons. The molecule has 0 atom stereocenters. The number of rotatable bonds is 3. The van der Waals surface area contributed by atoms with Gasteiger partial charge in [0.2, 0.25) is 6.08 Å². The van der Waals surface area contributed by atoms with Gasteiger partial charge in [0.1, 0.15) is 0 Å². The molecule has 2 aliphatic rings. The Balaban J connectivity index is 1.98. The summed E-state index contributed by atoms with van der Waals surface area (Å²) in [7, 11) is -3.32. The summed E-state index contributed by atoms with van der Waals surface area (Å²) in [5, 5.41) is 0. The SMILES string of the molecule is O=C=NC1CCN(S(=O)(=O)N2CCCCCC2)CC1. The highest BCUT2D eigenvalue weighted by Crippen LogP contribution is 2.21. The minimum absolute atomic E-state index is 0.0620. The summed E-state index contributed by atoms with van der Waals surface area (Å²) in [4.78, 5) is 13.9. The van der Waals surface area contributed by atoms with E-state index in [1.807, 2.05) is 0 Å². The summed E-state index contributed by atoms with van der Waals surface area (Å²) in [6, 6.07) is -0.0620. The summed E-state index contributed by atoms with van der Waals surface area (Å²) in [5.74, 6) is 0. The maximum absolute atomic E-state index is 12.5. The molecular weight excluding hydrogens is 266 g/mol. The van der Waals surface area contributed by atoms with Crippen LogP contribution in [0.2, 0.25) is 0 Å². The van der Waals surface area contributed by atoms with Crippen LogP contribution in [-0.2, 0) is 15.0 Å². The van der Waals surface area contributed by atoms with Crippen molar-refractivity contribution in [2.45, 2.75) is 44.6 Å². The molecule has 0 spiro atoms. The molecule has 0 unspecified atom stereocenters. The number of isocyanates is 1. The molecule has 0 aromatic rings. The number of hydrogen-bond acceptors (Lipinski definition) is 4. The lowest BCUT2D eigenvalue weighted by Gasteiger charge is -2.33. The molecular formula is C12H21N3O3S. The van der Waals surface area contributed by atoms with Crippen molar-refractivity contribution in [3.05, 3.63) is 0 Å². The Labute approximate surface area is 114 Å². The van der Waals surface area contributed by atoms with Gasteiger partial charge in [-0.1, -0.05) is 12.8 Å². The molecule has 2 aliphatic heterocycles. The number of nitrogens with zero attached hydrogens (tertiary/aromatic N) is 3. The fourth-order valence-electron chi connectivity index (χ4n) is 2.71. The van der Waals surface area contributed by atoms with E-state index < -0.39 is 10.2 Å². The van der Waals surface area contributed by atoms with Crippen molar-refractivity contribution >= 4 is 16.3 Å². The molecule has 6 nitrogen and oxygen atoms in total. The Morgan fingerprint density at radius 3 is 1.95 bits per heavy atom. The summed E-state index contributed by atoms with van der Waals surface area (Å²) in [6.07, 6.45) is 6.91. The molecule has 0 amide bonds. The summed E-state index contributed by atoms with van der Waals surface area (Å²) in [5.41, 5.74) is 0. The second-order valence-corrected chi connectivity index (χ2v) is 7.10. The third-order valence-electron chi connectivity index (χ3n) is 3.88. The van der Waals surface area contributed by atoms with Crippen molar-refractivity contribution in [1.29, 1.82) is 0 Å². The first-order valence-electron chi connectivity index (χ1n) is 6.97. The molecule has 0 bridgehead atoms. The Morgan fingerprint density at radius 2 is 1.42 bits per heavy atom. The first-order chi connectivity index (χ1) is 9.14. The van der Waals surface area contributed by atoms with Crippen molar-refractivity contribution in [2.75, 3.05) is 26.2 Å². The number of hydrogen-bond donors (Lipinski definition) is 0. The largest absolute Gasteiger partial charge is 0.281 e. The average Bonchev–Trinajstić information content (AvgIpc) is 2.69. The monoisotopic (exact) mass is 287 g/mol. The third-order valence-corrected chi connectivity index (χ3v) is 5.91. The molecule has 0 aliphatic carbocycles.